The molecule has 2 aromatic carbocycles. The number of carbonyl (C=O) groups is 1. The van der Waals surface area contributed by atoms with E-state index in [1.165, 1.54) is 38.8 Å². The number of aromatic nitrogens is 4. The number of carbonyl (C=O) groups excluding carboxylic acids is 1. The monoisotopic (exact) mass is 448 g/mol. The summed E-state index contributed by atoms with van der Waals surface area (Å²) in [5.74, 6) is 0.370. The normalized spacial score (nSPS) is 10.8. The van der Waals surface area contributed by atoms with Gasteiger partial charge in [0.25, 0.3) is 11.2 Å². The van der Waals surface area contributed by atoms with Crippen LogP contribution in [0.15, 0.2) is 65.8 Å². The zero-order chi connectivity index (χ0) is 23.5. The molecule has 0 saturated heterocycles. The van der Waals surface area contributed by atoms with Gasteiger partial charge in [0.15, 0.2) is 5.65 Å². The molecule has 0 aliphatic heterocycles. The molecule has 0 aliphatic carbocycles. The number of nitro benzene ring substituents is 1. The first-order valence-corrected chi connectivity index (χ1v) is 9.93. The topological polar surface area (TPSA) is 125 Å². The lowest BCUT2D eigenvalue weighted by atomic mass is 10.2. The Balaban J connectivity index is 1.60. The quantitative estimate of drug-likeness (QED) is 0.313. The van der Waals surface area contributed by atoms with Gasteiger partial charge in [0.05, 0.1) is 18.2 Å². The van der Waals surface area contributed by atoms with Gasteiger partial charge in [-0.05, 0) is 12.1 Å². The Labute approximate surface area is 187 Å². The van der Waals surface area contributed by atoms with Gasteiger partial charge in [-0.3, -0.25) is 24.3 Å². The van der Waals surface area contributed by atoms with Crippen LogP contribution in [0.2, 0.25) is 0 Å². The highest BCUT2D eigenvalue weighted by Crippen LogP contribution is 2.24. The molecule has 11 heteroatoms. The molecular formula is C22H20N6O5. The third-order valence-electron chi connectivity index (χ3n) is 5.19. The fourth-order valence-corrected chi connectivity index (χ4v) is 3.48. The molecule has 1 amide bonds. The van der Waals surface area contributed by atoms with Crippen LogP contribution >= 0.6 is 0 Å². The fraction of sp³-hybridized carbons (Fsp3) is 0.182. The number of ether oxygens (including phenoxy) is 1. The van der Waals surface area contributed by atoms with Crippen molar-refractivity contribution in [3.63, 3.8) is 0 Å². The van der Waals surface area contributed by atoms with Crippen molar-refractivity contribution in [2.45, 2.75) is 13.1 Å². The maximum Gasteiger partial charge on any atom is 0.294 e. The molecule has 33 heavy (non-hydrogen) atoms. The SMILES string of the molecule is COc1ccccc1CN(C)C(=O)Cn1cnc2c(cnn2-c2ccccc2[N+](=O)[O-])c1=O. The van der Waals surface area contributed by atoms with Gasteiger partial charge in [0, 0.05) is 25.2 Å². The maximum atomic E-state index is 13.0. The molecule has 0 spiro atoms. The maximum absolute atomic E-state index is 13.0. The predicted octanol–water partition coefficient (Wildman–Crippen LogP) is 2.16. The lowest BCUT2D eigenvalue weighted by Crippen LogP contribution is -2.33. The molecule has 4 aromatic rings. The molecule has 2 aromatic heterocycles. The number of nitro groups is 1. The summed E-state index contributed by atoms with van der Waals surface area (Å²) in [6.45, 7) is 0.0902. The van der Waals surface area contributed by atoms with Crippen LogP contribution in [0.25, 0.3) is 16.7 Å². The Morgan fingerprint density at radius 1 is 1.18 bits per heavy atom. The van der Waals surface area contributed by atoms with Crippen molar-refractivity contribution in [3.8, 4) is 11.4 Å². The van der Waals surface area contributed by atoms with Crippen LogP contribution in [0.1, 0.15) is 5.56 Å². The zero-order valence-electron chi connectivity index (χ0n) is 17.9. The first-order valence-electron chi connectivity index (χ1n) is 9.93. The van der Waals surface area contributed by atoms with E-state index in [2.05, 4.69) is 10.1 Å². The van der Waals surface area contributed by atoms with Crippen LogP contribution in [0.4, 0.5) is 5.69 Å². The summed E-state index contributed by atoms with van der Waals surface area (Å²) in [4.78, 5) is 42.3. The highest BCUT2D eigenvalue weighted by molar-refractivity contribution is 5.78. The van der Waals surface area contributed by atoms with Gasteiger partial charge in [0.1, 0.15) is 29.7 Å². The lowest BCUT2D eigenvalue weighted by Gasteiger charge is -2.19. The highest BCUT2D eigenvalue weighted by atomic mass is 16.6. The van der Waals surface area contributed by atoms with Crippen LogP contribution in [-0.4, -0.2) is 49.2 Å². The molecule has 0 fully saturated rings. The average Bonchev–Trinajstić information content (AvgIpc) is 3.25. The molecule has 0 saturated carbocycles. The summed E-state index contributed by atoms with van der Waals surface area (Å²) in [5, 5.41) is 15.6. The van der Waals surface area contributed by atoms with E-state index in [1.807, 2.05) is 24.3 Å². The number of hydrogen-bond donors (Lipinski definition) is 0. The van der Waals surface area contributed by atoms with Crippen LogP contribution in [0.3, 0.4) is 0 Å². The van der Waals surface area contributed by atoms with Gasteiger partial charge in [-0.1, -0.05) is 30.3 Å². The fourth-order valence-electron chi connectivity index (χ4n) is 3.48. The standard InChI is InChI=1S/C22H20N6O5/c1-25(12-15-7-3-6-10-19(15)33-2)20(29)13-26-14-23-21-16(22(26)30)11-24-27(21)17-8-4-5-9-18(17)28(31)32/h3-11,14H,12-13H2,1-2H3. The van der Waals surface area contributed by atoms with Crippen molar-refractivity contribution in [2.24, 2.45) is 0 Å². The molecule has 0 N–H and O–H groups in total. The largest absolute Gasteiger partial charge is 0.496 e. The van der Waals surface area contributed by atoms with Gasteiger partial charge in [0.2, 0.25) is 5.91 Å². The first kappa shape index (κ1) is 21.7. The Morgan fingerprint density at radius 2 is 1.91 bits per heavy atom. The minimum Gasteiger partial charge on any atom is -0.496 e. The summed E-state index contributed by atoms with van der Waals surface area (Å²) in [7, 11) is 3.20. The second kappa shape index (κ2) is 8.91. The molecule has 0 atom stereocenters. The summed E-state index contributed by atoms with van der Waals surface area (Å²) < 4.78 is 7.75. The molecule has 0 radical (unpaired) electrons. The molecule has 2 heterocycles. The molecular weight excluding hydrogens is 428 g/mol. The number of hydrogen-bond acceptors (Lipinski definition) is 7. The Kier molecular flexibility index (Phi) is 5.85. The number of methoxy groups -OCH3 is 1. The molecule has 0 aliphatic rings. The van der Waals surface area contributed by atoms with E-state index >= 15 is 0 Å². The zero-order valence-corrected chi connectivity index (χ0v) is 17.9. The van der Waals surface area contributed by atoms with E-state index in [0.29, 0.717) is 12.3 Å². The Bertz CT molecular complexity index is 1410. The summed E-state index contributed by atoms with van der Waals surface area (Å²) in [5.41, 5.74) is 0.558. The van der Waals surface area contributed by atoms with E-state index in [0.717, 1.165) is 5.56 Å². The van der Waals surface area contributed by atoms with Crippen LogP contribution in [0, 0.1) is 10.1 Å². The van der Waals surface area contributed by atoms with Crippen LogP contribution in [0.5, 0.6) is 5.75 Å². The van der Waals surface area contributed by atoms with Crippen molar-refractivity contribution < 1.29 is 14.5 Å². The minimum atomic E-state index is -0.527. The van der Waals surface area contributed by atoms with Crippen LogP contribution in [-0.2, 0) is 17.9 Å². The molecule has 4 rings (SSSR count). The predicted molar refractivity (Wildman–Crippen MR) is 119 cm³/mol. The van der Waals surface area contributed by atoms with Crippen molar-refractivity contribution in [3.05, 3.63) is 87.1 Å². The van der Waals surface area contributed by atoms with Gasteiger partial charge >= 0.3 is 0 Å². The summed E-state index contributed by atoms with van der Waals surface area (Å²) in [6.07, 6.45) is 2.54. The first-order chi connectivity index (χ1) is 15.9. The highest BCUT2D eigenvalue weighted by Gasteiger charge is 2.20. The number of fused-ring (bicyclic) bond motifs is 1. The van der Waals surface area contributed by atoms with Gasteiger partial charge < -0.3 is 9.64 Å². The summed E-state index contributed by atoms with van der Waals surface area (Å²) in [6, 6.07) is 13.4. The number of amides is 1. The Hall–Kier alpha value is -4.54. The second-order valence-electron chi connectivity index (χ2n) is 7.28. The number of benzene rings is 2. The Morgan fingerprint density at radius 3 is 2.67 bits per heavy atom. The number of nitrogens with zero attached hydrogens (tertiary/aromatic N) is 6. The third kappa shape index (κ3) is 4.15. The van der Waals surface area contributed by atoms with E-state index in [4.69, 9.17) is 4.74 Å². The van der Waals surface area contributed by atoms with Gasteiger partial charge in [-0.15, -0.1) is 0 Å². The van der Waals surface area contributed by atoms with Crippen molar-refractivity contribution in [1.82, 2.24) is 24.2 Å². The second-order valence-corrected chi connectivity index (χ2v) is 7.28. The molecule has 11 nitrogen and oxygen atoms in total. The van der Waals surface area contributed by atoms with E-state index in [1.54, 1.807) is 26.3 Å². The van der Waals surface area contributed by atoms with E-state index in [-0.39, 0.29) is 34.9 Å². The molecule has 168 valence electrons. The number of likely N-dealkylation sites (N-methyl/N-ethyl adjacent to an activating group) is 1. The number of rotatable bonds is 7. The average molecular weight is 448 g/mol. The van der Waals surface area contributed by atoms with E-state index < -0.39 is 10.5 Å². The number of para-hydroxylation sites is 3. The van der Waals surface area contributed by atoms with Gasteiger partial charge in [-0.25, -0.2) is 9.67 Å². The van der Waals surface area contributed by atoms with Crippen molar-refractivity contribution >= 4 is 22.6 Å². The third-order valence-corrected chi connectivity index (χ3v) is 5.19. The molecule has 0 bridgehead atoms. The van der Waals surface area contributed by atoms with Crippen molar-refractivity contribution in [1.29, 1.82) is 0 Å². The lowest BCUT2D eigenvalue weighted by molar-refractivity contribution is -0.384. The van der Waals surface area contributed by atoms with Crippen molar-refractivity contribution in [2.75, 3.05) is 14.2 Å². The summed E-state index contributed by atoms with van der Waals surface area (Å²) >= 11 is 0. The molecule has 0 unspecified atom stereocenters. The van der Waals surface area contributed by atoms with Gasteiger partial charge in [-0.2, -0.15) is 5.10 Å². The minimum absolute atomic E-state index is 0.149. The van der Waals surface area contributed by atoms with Crippen LogP contribution < -0.4 is 10.3 Å². The smallest absolute Gasteiger partial charge is 0.294 e. The van der Waals surface area contributed by atoms with E-state index in [9.17, 15) is 19.7 Å².